The van der Waals surface area contributed by atoms with Gasteiger partial charge in [0.15, 0.2) is 0 Å². The average molecular weight is 227 g/mol. The Morgan fingerprint density at radius 3 is 2.73 bits per heavy atom. The minimum absolute atomic E-state index is 0.0989. The third kappa shape index (κ3) is 2.38. The molecule has 0 aliphatic rings. The van der Waals surface area contributed by atoms with Gasteiger partial charge in [0, 0.05) is 16.3 Å². The van der Waals surface area contributed by atoms with Gasteiger partial charge in [-0.05, 0) is 24.8 Å². The van der Waals surface area contributed by atoms with Crippen LogP contribution in [0.3, 0.4) is 0 Å². The van der Waals surface area contributed by atoms with Crippen molar-refractivity contribution in [2.24, 2.45) is 5.73 Å². The molecule has 1 rings (SSSR count). The van der Waals surface area contributed by atoms with Gasteiger partial charge in [0.25, 0.3) is 0 Å². The summed E-state index contributed by atoms with van der Waals surface area (Å²) >= 11 is 1.58. The predicted octanol–water partition coefficient (Wildman–Crippen LogP) is 2.22. The lowest BCUT2D eigenvalue weighted by molar-refractivity contribution is -0.138. The van der Waals surface area contributed by atoms with Crippen LogP contribution in [-0.2, 0) is 10.2 Å². The molecular weight excluding hydrogens is 210 g/mol. The van der Waals surface area contributed by atoms with Crippen LogP contribution >= 0.6 is 11.3 Å². The minimum Gasteiger partial charge on any atom is -0.481 e. The molecule has 0 aromatic carbocycles. The number of rotatable bonds is 5. The molecule has 1 aromatic rings. The smallest absolute Gasteiger partial charge is 0.304 e. The summed E-state index contributed by atoms with van der Waals surface area (Å²) in [5, 5.41) is 10.9. The van der Waals surface area contributed by atoms with E-state index in [1.54, 1.807) is 11.3 Å². The molecule has 0 saturated heterocycles. The molecule has 0 aliphatic heterocycles. The van der Waals surface area contributed by atoms with Gasteiger partial charge < -0.3 is 10.8 Å². The molecule has 0 spiro atoms. The first-order valence-electron chi connectivity index (χ1n) is 5.04. The maximum absolute atomic E-state index is 10.9. The van der Waals surface area contributed by atoms with Crippen LogP contribution in [-0.4, -0.2) is 17.1 Å². The van der Waals surface area contributed by atoms with Gasteiger partial charge >= 0.3 is 5.97 Å². The van der Waals surface area contributed by atoms with E-state index >= 15 is 0 Å². The molecule has 0 bridgehead atoms. The van der Waals surface area contributed by atoms with Gasteiger partial charge in [-0.2, -0.15) is 0 Å². The van der Waals surface area contributed by atoms with Crippen LogP contribution in [0.4, 0.5) is 0 Å². The van der Waals surface area contributed by atoms with Gasteiger partial charge in [-0.3, -0.25) is 4.79 Å². The number of hydrogen-bond acceptors (Lipinski definition) is 3. The first-order chi connectivity index (χ1) is 7.03. The molecule has 0 radical (unpaired) electrons. The van der Waals surface area contributed by atoms with E-state index in [-0.39, 0.29) is 12.5 Å². The molecule has 0 saturated carbocycles. The summed E-state index contributed by atoms with van der Waals surface area (Å²) in [5.74, 6) is -0.789. The van der Waals surface area contributed by atoms with Crippen molar-refractivity contribution >= 4 is 17.3 Å². The number of aliphatic carboxylic acids is 1. The molecule has 15 heavy (non-hydrogen) atoms. The SMILES string of the molecule is CCC(CC(=O)O)(c1cccs1)C(C)N. The van der Waals surface area contributed by atoms with E-state index in [4.69, 9.17) is 10.8 Å². The Kier molecular flexibility index (Phi) is 3.88. The number of nitrogens with two attached hydrogens (primary N) is 1. The summed E-state index contributed by atoms with van der Waals surface area (Å²) in [6.45, 7) is 3.87. The van der Waals surface area contributed by atoms with Crippen LogP contribution in [0.5, 0.6) is 0 Å². The second-order valence-electron chi connectivity index (χ2n) is 3.85. The summed E-state index contributed by atoms with van der Waals surface area (Å²) in [7, 11) is 0. The van der Waals surface area contributed by atoms with E-state index in [0.29, 0.717) is 0 Å². The number of carboxylic acids is 1. The molecule has 0 fully saturated rings. The van der Waals surface area contributed by atoms with Crippen molar-refractivity contribution in [3.05, 3.63) is 22.4 Å². The quantitative estimate of drug-likeness (QED) is 0.810. The van der Waals surface area contributed by atoms with Crippen molar-refractivity contribution in [3.63, 3.8) is 0 Å². The Bertz CT molecular complexity index is 321. The summed E-state index contributed by atoms with van der Waals surface area (Å²) in [6, 6.07) is 3.76. The highest BCUT2D eigenvalue weighted by Crippen LogP contribution is 2.37. The third-order valence-electron chi connectivity index (χ3n) is 2.98. The number of hydrogen-bond donors (Lipinski definition) is 2. The van der Waals surface area contributed by atoms with Crippen molar-refractivity contribution in [1.29, 1.82) is 0 Å². The Balaban J connectivity index is 3.09. The molecule has 4 heteroatoms. The van der Waals surface area contributed by atoms with E-state index in [1.807, 2.05) is 31.4 Å². The molecular formula is C11H17NO2S. The van der Waals surface area contributed by atoms with Crippen molar-refractivity contribution in [3.8, 4) is 0 Å². The summed E-state index contributed by atoms with van der Waals surface area (Å²) in [5.41, 5.74) is 5.55. The van der Waals surface area contributed by atoms with Crippen LogP contribution < -0.4 is 5.73 Å². The Hall–Kier alpha value is -0.870. The van der Waals surface area contributed by atoms with Gasteiger partial charge in [-0.1, -0.05) is 13.0 Å². The number of thiophene rings is 1. The monoisotopic (exact) mass is 227 g/mol. The van der Waals surface area contributed by atoms with E-state index in [1.165, 1.54) is 0 Å². The maximum Gasteiger partial charge on any atom is 0.304 e. The van der Waals surface area contributed by atoms with Crippen LogP contribution in [0.1, 0.15) is 31.6 Å². The lowest BCUT2D eigenvalue weighted by Gasteiger charge is -2.34. The molecule has 2 unspecified atom stereocenters. The van der Waals surface area contributed by atoms with Crippen molar-refractivity contribution in [2.75, 3.05) is 0 Å². The fourth-order valence-corrected chi connectivity index (χ4v) is 3.02. The van der Waals surface area contributed by atoms with Crippen LogP contribution in [0.15, 0.2) is 17.5 Å². The van der Waals surface area contributed by atoms with E-state index < -0.39 is 11.4 Å². The van der Waals surface area contributed by atoms with Gasteiger partial charge in [0.2, 0.25) is 0 Å². The molecule has 1 heterocycles. The van der Waals surface area contributed by atoms with Crippen molar-refractivity contribution in [2.45, 2.75) is 38.1 Å². The topological polar surface area (TPSA) is 63.3 Å². The largest absolute Gasteiger partial charge is 0.481 e. The number of carbonyl (C=O) groups is 1. The van der Waals surface area contributed by atoms with Gasteiger partial charge in [0.1, 0.15) is 0 Å². The van der Waals surface area contributed by atoms with Crippen LogP contribution in [0, 0.1) is 0 Å². The normalized spacial score (nSPS) is 17.0. The lowest BCUT2D eigenvalue weighted by Crippen LogP contribution is -2.44. The molecule has 0 aliphatic carbocycles. The second kappa shape index (κ2) is 4.77. The first kappa shape index (κ1) is 12.2. The van der Waals surface area contributed by atoms with Gasteiger partial charge in [-0.25, -0.2) is 0 Å². The van der Waals surface area contributed by atoms with Gasteiger partial charge in [-0.15, -0.1) is 11.3 Å². The standard InChI is InChI=1S/C11H17NO2S/c1-3-11(8(2)12,7-10(13)14)9-5-4-6-15-9/h4-6,8H,3,7,12H2,1-2H3,(H,13,14). The third-order valence-corrected chi connectivity index (χ3v) is 4.07. The zero-order valence-electron chi connectivity index (χ0n) is 9.06. The summed E-state index contributed by atoms with van der Waals surface area (Å²) in [4.78, 5) is 12.0. The van der Waals surface area contributed by atoms with Crippen LogP contribution in [0.25, 0.3) is 0 Å². The minimum atomic E-state index is -0.789. The molecule has 3 N–H and O–H groups in total. The zero-order chi connectivity index (χ0) is 11.5. The molecule has 84 valence electrons. The molecule has 2 atom stereocenters. The van der Waals surface area contributed by atoms with Crippen LogP contribution in [0.2, 0.25) is 0 Å². The summed E-state index contributed by atoms with van der Waals surface area (Å²) < 4.78 is 0. The Morgan fingerprint density at radius 1 is 1.73 bits per heavy atom. The maximum atomic E-state index is 10.9. The average Bonchev–Trinajstić information content (AvgIpc) is 2.66. The Morgan fingerprint density at radius 2 is 2.40 bits per heavy atom. The van der Waals surface area contributed by atoms with E-state index in [2.05, 4.69) is 0 Å². The molecule has 3 nitrogen and oxygen atoms in total. The van der Waals surface area contributed by atoms with Crippen molar-refractivity contribution in [1.82, 2.24) is 0 Å². The highest BCUT2D eigenvalue weighted by atomic mass is 32.1. The highest BCUT2D eigenvalue weighted by molar-refractivity contribution is 7.10. The second-order valence-corrected chi connectivity index (χ2v) is 4.79. The van der Waals surface area contributed by atoms with Gasteiger partial charge in [0.05, 0.1) is 6.42 Å². The number of carboxylic acid groups (broad SMARTS) is 1. The summed E-state index contributed by atoms with van der Waals surface area (Å²) in [6.07, 6.45) is 0.846. The van der Waals surface area contributed by atoms with Crippen molar-refractivity contribution < 1.29 is 9.90 Å². The Labute approximate surface area is 93.9 Å². The predicted molar refractivity (Wildman–Crippen MR) is 62.2 cm³/mol. The fraction of sp³-hybridized carbons (Fsp3) is 0.545. The first-order valence-corrected chi connectivity index (χ1v) is 5.92. The molecule has 0 amide bonds. The molecule has 1 aromatic heterocycles. The lowest BCUT2D eigenvalue weighted by atomic mass is 9.75. The zero-order valence-corrected chi connectivity index (χ0v) is 9.88. The van der Waals surface area contributed by atoms with E-state index in [0.717, 1.165) is 11.3 Å². The highest BCUT2D eigenvalue weighted by Gasteiger charge is 2.37. The fourth-order valence-electron chi connectivity index (χ4n) is 1.93. The van der Waals surface area contributed by atoms with E-state index in [9.17, 15) is 4.79 Å².